The van der Waals surface area contributed by atoms with Crippen molar-refractivity contribution in [2.45, 2.75) is 45.6 Å². The maximum absolute atomic E-state index is 5.73. The maximum Gasteiger partial charge on any atom is 0.161 e. The van der Waals surface area contributed by atoms with E-state index in [1.54, 1.807) is 0 Å². The number of unbranched alkanes of at least 4 members (excludes halogenated alkanes) is 2. The summed E-state index contributed by atoms with van der Waals surface area (Å²) in [6, 6.07) is 6.62. The van der Waals surface area contributed by atoms with Crippen molar-refractivity contribution in [3.05, 3.63) is 23.8 Å². The van der Waals surface area contributed by atoms with E-state index in [4.69, 9.17) is 9.47 Å². The molecular weight excluding hydrogens is 238 g/mol. The molecular formula is C16H25NO2. The summed E-state index contributed by atoms with van der Waals surface area (Å²) in [6.45, 7) is 6.99. The van der Waals surface area contributed by atoms with Crippen LogP contribution in [0.4, 0.5) is 0 Å². The monoisotopic (exact) mass is 263 g/mol. The molecule has 0 bridgehead atoms. The van der Waals surface area contributed by atoms with Gasteiger partial charge in [-0.15, -0.1) is 0 Å². The number of ether oxygens (including phenoxy) is 2. The third-order valence-electron chi connectivity index (χ3n) is 3.50. The molecule has 0 aromatic heterocycles. The normalized spacial score (nSPS) is 15.9. The van der Waals surface area contributed by atoms with E-state index < -0.39 is 0 Å². The average Bonchev–Trinajstić information content (AvgIpc) is 2.67. The number of hydrogen-bond donors (Lipinski definition) is 1. The van der Waals surface area contributed by atoms with Crippen LogP contribution in [0.2, 0.25) is 0 Å². The molecule has 19 heavy (non-hydrogen) atoms. The third-order valence-corrected chi connectivity index (χ3v) is 3.50. The van der Waals surface area contributed by atoms with Crippen molar-refractivity contribution in [3.8, 4) is 11.5 Å². The molecule has 0 aliphatic carbocycles. The Balaban J connectivity index is 1.94. The summed E-state index contributed by atoms with van der Waals surface area (Å²) in [5.41, 5.74) is 1.26. The van der Waals surface area contributed by atoms with Gasteiger partial charge in [-0.05, 0) is 37.6 Å². The van der Waals surface area contributed by atoms with Crippen LogP contribution in [-0.2, 0) is 0 Å². The molecule has 0 fully saturated rings. The first-order valence-electron chi connectivity index (χ1n) is 7.44. The molecule has 1 aliphatic heterocycles. The molecule has 1 aromatic rings. The Labute approximate surface area is 116 Å². The number of rotatable bonds is 6. The van der Waals surface area contributed by atoms with Crippen molar-refractivity contribution in [1.29, 1.82) is 0 Å². The molecule has 1 N–H and O–H groups in total. The van der Waals surface area contributed by atoms with Gasteiger partial charge in [0.05, 0.1) is 13.2 Å². The molecule has 1 aliphatic rings. The maximum atomic E-state index is 5.73. The van der Waals surface area contributed by atoms with Crippen molar-refractivity contribution in [1.82, 2.24) is 5.32 Å². The molecule has 0 amide bonds. The zero-order chi connectivity index (χ0) is 13.5. The summed E-state index contributed by atoms with van der Waals surface area (Å²) in [5, 5.41) is 3.56. The Morgan fingerprint density at radius 1 is 1.16 bits per heavy atom. The van der Waals surface area contributed by atoms with Crippen LogP contribution >= 0.6 is 0 Å². The second-order valence-electron chi connectivity index (χ2n) is 5.14. The Hall–Kier alpha value is -1.22. The molecule has 0 spiro atoms. The highest BCUT2D eigenvalue weighted by Gasteiger charge is 2.13. The van der Waals surface area contributed by atoms with E-state index in [0.29, 0.717) is 6.04 Å². The van der Waals surface area contributed by atoms with Crippen LogP contribution in [0.3, 0.4) is 0 Å². The predicted octanol–water partition coefficient (Wildman–Crippen LogP) is 3.69. The lowest BCUT2D eigenvalue weighted by molar-refractivity contribution is 0.297. The molecule has 1 unspecified atom stereocenters. The van der Waals surface area contributed by atoms with Crippen LogP contribution < -0.4 is 14.8 Å². The van der Waals surface area contributed by atoms with Gasteiger partial charge in [0.15, 0.2) is 11.5 Å². The molecule has 0 saturated carbocycles. The minimum atomic E-state index is 0.356. The van der Waals surface area contributed by atoms with Crippen molar-refractivity contribution >= 4 is 0 Å². The Morgan fingerprint density at radius 2 is 1.95 bits per heavy atom. The summed E-state index contributed by atoms with van der Waals surface area (Å²) >= 11 is 0. The second kappa shape index (κ2) is 7.39. The van der Waals surface area contributed by atoms with Gasteiger partial charge < -0.3 is 14.8 Å². The Bertz CT molecular complexity index is 392. The van der Waals surface area contributed by atoms with Gasteiger partial charge in [0, 0.05) is 12.5 Å². The van der Waals surface area contributed by atoms with Crippen molar-refractivity contribution in [3.63, 3.8) is 0 Å². The SMILES string of the molecule is CCCCCNC(C)c1ccc2c(c1)OCCCO2. The van der Waals surface area contributed by atoms with Crippen molar-refractivity contribution in [2.24, 2.45) is 0 Å². The largest absolute Gasteiger partial charge is 0.490 e. The van der Waals surface area contributed by atoms with Gasteiger partial charge >= 0.3 is 0 Å². The summed E-state index contributed by atoms with van der Waals surface area (Å²) in [7, 11) is 0. The highest BCUT2D eigenvalue weighted by molar-refractivity contribution is 5.44. The van der Waals surface area contributed by atoms with Gasteiger partial charge in [-0.3, -0.25) is 0 Å². The van der Waals surface area contributed by atoms with E-state index in [9.17, 15) is 0 Å². The minimum absolute atomic E-state index is 0.356. The van der Waals surface area contributed by atoms with Crippen LogP contribution in [0.15, 0.2) is 18.2 Å². The summed E-state index contributed by atoms with van der Waals surface area (Å²) < 4.78 is 11.4. The second-order valence-corrected chi connectivity index (χ2v) is 5.14. The van der Waals surface area contributed by atoms with Gasteiger partial charge in [-0.2, -0.15) is 0 Å². The lowest BCUT2D eigenvalue weighted by Crippen LogP contribution is -2.19. The molecule has 1 atom stereocenters. The summed E-state index contributed by atoms with van der Waals surface area (Å²) in [6.07, 6.45) is 4.75. The van der Waals surface area contributed by atoms with E-state index >= 15 is 0 Å². The van der Waals surface area contributed by atoms with Gasteiger partial charge in [0.2, 0.25) is 0 Å². The van der Waals surface area contributed by atoms with Gasteiger partial charge in [0.1, 0.15) is 0 Å². The average molecular weight is 263 g/mol. The van der Waals surface area contributed by atoms with Crippen LogP contribution in [0, 0.1) is 0 Å². The van der Waals surface area contributed by atoms with Crippen LogP contribution in [0.5, 0.6) is 11.5 Å². The number of hydrogen-bond acceptors (Lipinski definition) is 3. The number of nitrogens with one attached hydrogen (secondary N) is 1. The van der Waals surface area contributed by atoms with E-state index in [0.717, 1.165) is 37.7 Å². The third kappa shape index (κ3) is 4.13. The Kier molecular flexibility index (Phi) is 5.52. The number of fused-ring (bicyclic) bond motifs is 1. The Morgan fingerprint density at radius 3 is 2.74 bits per heavy atom. The first kappa shape index (κ1) is 14.2. The molecule has 106 valence electrons. The fraction of sp³-hybridized carbons (Fsp3) is 0.625. The van der Waals surface area contributed by atoms with Crippen LogP contribution in [-0.4, -0.2) is 19.8 Å². The lowest BCUT2D eigenvalue weighted by Gasteiger charge is -2.16. The molecule has 1 heterocycles. The smallest absolute Gasteiger partial charge is 0.161 e. The lowest BCUT2D eigenvalue weighted by atomic mass is 10.1. The van der Waals surface area contributed by atoms with Gasteiger partial charge in [0.25, 0.3) is 0 Å². The fourth-order valence-corrected chi connectivity index (χ4v) is 2.26. The molecule has 1 aromatic carbocycles. The molecule has 0 saturated heterocycles. The van der Waals surface area contributed by atoms with Crippen molar-refractivity contribution in [2.75, 3.05) is 19.8 Å². The molecule has 0 radical (unpaired) electrons. The number of benzene rings is 1. The van der Waals surface area contributed by atoms with Crippen LogP contribution in [0.1, 0.15) is 51.1 Å². The van der Waals surface area contributed by atoms with E-state index in [1.165, 1.54) is 24.8 Å². The summed E-state index contributed by atoms with van der Waals surface area (Å²) in [5.74, 6) is 1.76. The fourth-order valence-electron chi connectivity index (χ4n) is 2.26. The first-order chi connectivity index (χ1) is 9.31. The van der Waals surface area contributed by atoms with Gasteiger partial charge in [-0.1, -0.05) is 25.8 Å². The van der Waals surface area contributed by atoms with E-state index in [-0.39, 0.29) is 0 Å². The molecule has 2 rings (SSSR count). The first-order valence-corrected chi connectivity index (χ1v) is 7.44. The predicted molar refractivity (Wildman–Crippen MR) is 78.0 cm³/mol. The molecule has 3 nitrogen and oxygen atoms in total. The van der Waals surface area contributed by atoms with Crippen molar-refractivity contribution < 1.29 is 9.47 Å². The quantitative estimate of drug-likeness (QED) is 0.794. The highest BCUT2D eigenvalue weighted by Crippen LogP contribution is 2.32. The van der Waals surface area contributed by atoms with E-state index in [2.05, 4.69) is 31.3 Å². The zero-order valence-electron chi connectivity index (χ0n) is 12.1. The summed E-state index contributed by atoms with van der Waals surface area (Å²) in [4.78, 5) is 0. The van der Waals surface area contributed by atoms with Gasteiger partial charge in [-0.25, -0.2) is 0 Å². The topological polar surface area (TPSA) is 30.5 Å². The minimum Gasteiger partial charge on any atom is -0.490 e. The van der Waals surface area contributed by atoms with Crippen LogP contribution in [0.25, 0.3) is 0 Å². The zero-order valence-corrected chi connectivity index (χ0v) is 12.1. The highest BCUT2D eigenvalue weighted by atomic mass is 16.5. The standard InChI is InChI=1S/C16H25NO2/c1-3-4-5-9-17-13(2)14-7-8-15-16(12-14)19-11-6-10-18-15/h7-8,12-13,17H,3-6,9-11H2,1-2H3. The molecule has 3 heteroatoms. The van der Waals surface area contributed by atoms with E-state index in [1.807, 2.05) is 6.07 Å².